The van der Waals surface area contributed by atoms with Crippen LogP contribution >= 0.6 is 0 Å². The number of aliphatic hydroxyl groups excluding tert-OH is 2. The number of nitrogens with one attached hydrogen (secondary N) is 1. The van der Waals surface area contributed by atoms with E-state index in [0.717, 1.165) is 44.9 Å². The highest BCUT2D eigenvalue weighted by molar-refractivity contribution is 5.76. The van der Waals surface area contributed by atoms with E-state index < -0.39 is 12.1 Å². The van der Waals surface area contributed by atoms with E-state index >= 15 is 0 Å². The Hall–Kier alpha value is -1.92. The fourth-order valence-electron chi connectivity index (χ4n) is 10.7. The van der Waals surface area contributed by atoms with Gasteiger partial charge in [-0.3, -0.25) is 9.59 Å². The summed E-state index contributed by atoms with van der Waals surface area (Å²) in [6.07, 6.45) is 83.6. The molecule has 6 heteroatoms. The molecule has 0 aliphatic heterocycles. The second kappa shape index (κ2) is 65.6. The second-order valence-corrected chi connectivity index (χ2v) is 23.5. The Morgan fingerprint density at radius 3 is 1.00 bits per heavy atom. The summed E-state index contributed by atoms with van der Waals surface area (Å²) in [7, 11) is 0. The van der Waals surface area contributed by atoms with Gasteiger partial charge in [-0.2, -0.15) is 0 Å². The Balaban J connectivity index is 3.40. The topological polar surface area (TPSA) is 95.9 Å². The molecule has 0 saturated carbocycles. The number of hydrogen-bond acceptors (Lipinski definition) is 5. The zero-order valence-corrected chi connectivity index (χ0v) is 51.3. The van der Waals surface area contributed by atoms with Crippen molar-refractivity contribution >= 4 is 11.9 Å². The molecule has 6 nitrogen and oxygen atoms in total. The van der Waals surface area contributed by atoms with Crippen LogP contribution in [0.5, 0.6) is 0 Å². The Kier molecular flexibility index (Phi) is 63.9. The van der Waals surface area contributed by atoms with Crippen LogP contribution < -0.4 is 5.32 Å². The van der Waals surface area contributed by atoms with Gasteiger partial charge in [0.15, 0.2) is 0 Å². The van der Waals surface area contributed by atoms with E-state index in [1.54, 1.807) is 6.08 Å². The Labute approximate surface area is 474 Å². The molecular weight excluding hydrogens is 935 g/mol. The van der Waals surface area contributed by atoms with Crippen molar-refractivity contribution in [3.63, 3.8) is 0 Å². The predicted octanol–water partition coefficient (Wildman–Crippen LogP) is 21.9. The highest BCUT2D eigenvalue weighted by Gasteiger charge is 2.18. The molecule has 0 fully saturated rings. The van der Waals surface area contributed by atoms with Gasteiger partial charge in [-0.15, -0.1) is 0 Å². The molecular formula is C70H133NO5. The van der Waals surface area contributed by atoms with Crippen LogP contribution in [0.3, 0.4) is 0 Å². The number of carbonyl (C=O) groups excluding carboxylic acids is 2. The maximum absolute atomic E-state index is 12.5. The van der Waals surface area contributed by atoms with E-state index in [1.807, 2.05) is 6.08 Å². The van der Waals surface area contributed by atoms with Crippen molar-refractivity contribution < 1.29 is 24.5 Å². The lowest BCUT2D eigenvalue weighted by Gasteiger charge is -2.20. The molecule has 0 aromatic heterocycles. The van der Waals surface area contributed by atoms with Gasteiger partial charge in [0.05, 0.1) is 25.4 Å². The van der Waals surface area contributed by atoms with Crippen molar-refractivity contribution in [1.82, 2.24) is 5.32 Å². The lowest BCUT2D eigenvalue weighted by Crippen LogP contribution is -2.45. The first-order valence-corrected chi connectivity index (χ1v) is 34.3. The van der Waals surface area contributed by atoms with Crippen LogP contribution in [-0.2, 0) is 14.3 Å². The van der Waals surface area contributed by atoms with E-state index in [9.17, 15) is 19.8 Å². The maximum Gasteiger partial charge on any atom is 0.305 e. The molecule has 0 saturated heterocycles. The summed E-state index contributed by atoms with van der Waals surface area (Å²) in [5.74, 6) is -0.0550. The number of carbonyl (C=O) groups is 2. The number of hydrogen-bond donors (Lipinski definition) is 3. The van der Waals surface area contributed by atoms with Gasteiger partial charge in [0.2, 0.25) is 5.91 Å². The number of amides is 1. The van der Waals surface area contributed by atoms with Crippen LogP contribution in [0, 0.1) is 0 Å². The lowest BCUT2D eigenvalue weighted by molar-refractivity contribution is -0.143. The fourth-order valence-corrected chi connectivity index (χ4v) is 10.7. The molecule has 448 valence electrons. The van der Waals surface area contributed by atoms with Crippen LogP contribution in [0.1, 0.15) is 373 Å². The first-order valence-electron chi connectivity index (χ1n) is 34.3. The molecule has 76 heavy (non-hydrogen) atoms. The summed E-state index contributed by atoms with van der Waals surface area (Å²) in [5, 5.41) is 23.1. The summed E-state index contributed by atoms with van der Waals surface area (Å²) in [6.45, 7) is 4.92. The molecule has 0 rings (SSSR count). The summed E-state index contributed by atoms with van der Waals surface area (Å²) in [5.41, 5.74) is 0. The van der Waals surface area contributed by atoms with Crippen molar-refractivity contribution in [2.24, 2.45) is 0 Å². The third kappa shape index (κ3) is 61.3. The van der Waals surface area contributed by atoms with E-state index in [1.165, 1.54) is 302 Å². The highest BCUT2D eigenvalue weighted by atomic mass is 16.5. The maximum atomic E-state index is 12.5. The average molecular weight is 1070 g/mol. The van der Waals surface area contributed by atoms with E-state index in [2.05, 4.69) is 43.5 Å². The Bertz CT molecular complexity index is 1230. The van der Waals surface area contributed by atoms with E-state index in [0.29, 0.717) is 19.4 Å². The lowest BCUT2D eigenvalue weighted by atomic mass is 10.0. The standard InChI is InChI=1S/C70H133NO5/c1-3-5-7-9-11-13-15-17-18-19-29-33-36-40-44-48-52-56-60-64-70(75)76-65-61-57-53-49-45-41-37-34-31-28-26-24-22-20-21-23-25-27-30-32-35-39-43-47-51-55-59-63-69(74)71-67(66-72)68(73)62-58-54-50-46-42-38-16-14-12-10-8-6-4-2/h20-21,24,26,58,62,67-68,72-73H,3-19,22-23,25,27-57,59-61,63-66H2,1-2H3,(H,71,74)/b21-20-,26-24-,62-58+. The van der Waals surface area contributed by atoms with Crippen molar-refractivity contribution in [3.8, 4) is 0 Å². The smallest absolute Gasteiger partial charge is 0.305 e. The van der Waals surface area contributed by atoms with Gasteiger partial charge in [0.25, 0.3) is 0 Å². The van der Waals surface area contributed by atoms with Crippen LogP contribution in [0.25, 0.3) is 0 Å². The van der Waals surface area contributed by atoms with Crippen molar-refractivity contribution in [2.45, 2.75) is 386 Å². The third-order valence-corrected chi connectivity index (χ3v) is 15.9. The molecule has 0 radical (unpaired) electrons. The van der Waals surface area contributed by atoms with Crippen LogP contribution in [0.4, 0.5) is 0 Å². The van der Waals surface area contributed by atoms with Gasteiger partial charge in [0, 0.05) is 12.8 Å². The molecule has 0 heterocycles. The molecule has 2 unspecified atom stereocenters. The molecule has 0 bridgehead atoms. The summed E-state index contributed by atoms with van der Waals surface area (Å²) < 4.78 is 5.51. The molecule has 1 amide bonds. The number of allylic oxidation sites excluding steroid dienone is 5. The Morgan fingerprint density at radius 2 is 0.658 bits per heavy atom. The second-order valence-electron chi connectivity index (χ2n) is 23.5. The number of aliphatic hydroxyl groups is 2. The van der Waals surface area contributed by atoms with Gasteiger partial charge in [-0.25, -0.2) is 0 Å². The SMILES string of the molecule is CCCCCCCCCCCCC/C=C/C(O)C(CO)NC(=O)CCCCCCCCCCCCC/C=C\C/C=C\CCCCCCCCCCCOC(=O)CCCCCCCCCCCCCCCCCCCCC. The minimum absolute atomic E-state index is 0.0153. The molecule has 0 aromatic carbocycles. The molecule has 0 spiro atoms. The van der Waals surface area contributed by atoms with Crippen LogP contribution in [0.2, 0.25) is 0 Å². The fraction of sp³-hybridized carbons (Fsp3) is 0.886. The molecule has 3 N–H and O–H groups in total. The average Bonchev–Trinajstić information content (AvgIpc) is 3.42. The van der Waals surface area contributed by atoms with Gasteiger partial charge in [-0.1, -0.05) is 333 Å². The van der Waals surface area contributed by atoms with E-state index in [-0.39, 0.29) is 18.5 Å². The van der Waals surface area contributed by atoms with Crippen molar-refractivity contribution in [3.05, 3.63) is 36.5 Å². The van der Waals surface area contributed by atoms with E-state index in [4.69, 9.17) is 4.74 Å². The molecule has 0 aliphatic rings. The van der Waals surface area contributed by atoms with Gasteiger partial charge in [0.1, 0.15) is 0 Å². The van der Waals surface area contributed by atoms with Crippen LogP contribution in [-0.4, -0.2) is 47.4 Å². The number of esters is 1. The predicted molar refractivity (Wildman–Crippen MR) is 333 cm³/mol. The Morgan fingerprint density at radius 1 is 0.368 bits per heavy atom. The van der Waals surface area contributed by atoms with Gasteiger partial charge in [-0.05, 0) is 64.2 Å². The largest absolute Gasteiger partial charge is 0.466 e. The normalized spacial score (nSPS) is 12.7. The van der Waals surface area contributed by atoms with Gasteiger partial charge >= 0.3 is 5.97 Å². The van der Waals surface area contributed by atoms with Crippen molar-refractivity contribution in [2.75, 3.05) is 13.2 Å². The first kappa shape index (κ1) is 74.1. The monoisotopic (exact) mass is 1070 g/mol. The molecule has 0 aromatic rings. The number of rotatable bonds is 64. The third-order valence-electron chi connectivity index (χ3n) is 15.9. The molecule has 2 atom stereocenters. The minimum atomic E-state index is -0.846. The highest BCUT2D eigenvalue weighted by Crippen LogP contribution is 2.18. The quantitative estimate of drug-likeness (QED) is 0.0320. The van der Waals surface area contributed by atoms with Crippen LogP contribution in [0.15, 0.2) is 36.5 Å². The summed E-state index contributed by atoms with van der Waals surface area (Å²) in [6, 6.07) is -0.630. The number of unbranched alkanes of at least 4 members (excludes halogenated alkanes) is 49. The molecule has 0 aliphatic carbocycles. The minimum Gasteiger partial charge on any atom is -0.466 e. The first-order chi connectivity index (χ1) is 37.5. The van der Waals surface area contributed by atoms with Gasteiger partial charge < -0.3 is 20.3 Å². The zero-order chi connectivity index (χ0) is 55.0. The zero-order valence-electron chi connectivity index (χ0n) is 51.3. The van der Waals surface area contributed by atoms with Crippen molar-refractivity contribution in [1.29, 1.82) is 0 Å². The number of ether oxygens (including phenoxy) is 1. The summed E-state index contributed by atoms with van der Waals surface area (Å²) >= 11 is 0. The summed E-state index contributed by atoms with van der Waals surface area (Å²) in [4.78, 5) is 24.6.